The Morgan fingerprint density at radius 3 is 0.571 bits per heavy atom. The summed E-state index contributed by atoms with van der Waals surface area (Å²) in [4.78, 5) is 62.8. The van der Waals surface area contributed by atoms with Crippen LogP contribution in [0, 0.1) is 0 Å². The van der Waals surface area contributed by atoms with E-state index in [-0.39, 0.29) is 40.2 Å². The first-order chi connectivity index (χ1) is 30.3. The molecule has 13 heteroatoms. The second kappa shape index (κ2) is 31.2. The number of isothiocyanates is 2. The maximum atomic E-state index is 11.8. The van der Waals surface area contributed by atoms with Crippen LogP contribution in [0.4, 0.5) is 0 Å². The fourth-order valence-corrected chi connectivity index (χ4v) is 5.04. The van der Waals surface area contributed by atoms with Gasteiger partial charge in [-0.2, -0.15) is 10.3 Å². The van der Waals surface area contributed by atoms with Crippen LogP contribution in [0.2, 0.25) is 0 Å². The summed E-state index contributed by atoms with van der Waals surface area (Å²) in [5.74, 6) is 0.141. The quantitative estimate of drug-likeness (QED) is 0.0620. The standard InChI is InChI=1S/4C12H9NO.2CNS.Mn/c4*14-12(10-4-2-1-3-5-10)11-6-8-13-9-7-11;2*2-1-3;/h4*1-9H;;;/q;;;;2*-1;+2. The molecule has 0 fully saturated rings. The summed E-state index contributed by atoms with van der Waals surface area (Å²) in [7, 11) is 0. The normalized spacial score (nSPS) is 8.89. The van der Waals surface area contributed by atoms with E-state index >= 15 is 0 Å². The Balaban J connectivity index is 0.000000275. The van der Waals surface area contributed by atoms with Crippen LogP contribution in [0.25, 0.3) is 10.8 Å². The Labute approximate surface area is 386 Å². The molecule has 0 spiro atoms. The van der Waals surface area contributed by atoms with Gasteiger partial charge in [-0.25, -0.2) is 0 Å². The van der Waals surface area contributed by atoms with Gasteiger partial charge >= 0.3 is 17.1 Å². The zero-order valence-electron chi connectivity index (χ0n) is 33.3. The molecule has 0 amide bonds. The minimum atomic E-state index is 0. The van der Waals surface area contributed by atoms with Gasteiger partial charge in [-0.05, 0) is 48.5 Å². The van der Waals surface area contributed by atoms with Gasteiger partial charge in [0.05, 0.1) is 0 Å². The van der Waals surface area contributed by atoms with Crippen LogP contribution < -0.4 is 0 Å². The smallest absolute Gasteiger partial charge is 0.753 e. The van der Waals surface area contributed by atoms with E-state index in [0.717, 1.165) is 0 Å². The number of ketones is 4. The molecule has 4 heterocycles. The first-order valence-corrected chi connectivity index (χ1v) is 19.2. The van der Waals surface area contributed by atoms with Gasteiger partial charge < -0.3 is 10.8 Å². The van der Waals surface area contributed by atoms with Gasteiger partial charge in [-0.1, -0.05) is 146 Å². The molecule has 10 nitrogen and oxygen atoms in total. The van der Waals surface area contributed by atoms with Crippen molar-refractivity contribution >= 4 is 57.9 Å². The van der Waals surface area contributed by atoms with Gasteiger partial charge in [0.15, 0.2) is 23.1 Å². The first-order valence-electron chi connectivity index (χ1n) is 18.4. The molecule has 0 bridgehead atoms. The van der Waals surface area contributed by atoms with Crippen molar-refractivity contribution in [3.8, 4) is 0 Å². The topological polar surface area (TPSA) is 164 Å². The van der Waals surface area contributed by atoms with E-state index in [1.807, 2.05) is 121 Å². The summed E-state index contributed by atoms with van der Waals surface area (Å²) in [5, 5.41) is 16.9. The molecule has 8 aromatic rings. The number of pyridine rings is 4. The van der Waals surface area contributed by atoms with Crippen molar-refractivity contribution < 1.29 is 36.2 Å². The van der Waals surface area contributed by atoms with Gasteiger partial charge in [0, 0.05) is 94.1 Å². The molecule has 0 N–H and O–H groups in total. The monoisotopic (exact) mass is 903 g/mol. The largest absolute Gasteiger partial charge is 2.00 e. The van der Waals surface area contributed by atoms with Crippen LogP contribution >= 0.6 is 24.4 Å². The second-order valence-corrected chi connectivity index (χ2v) is 12.3. The molecule has 0 aliphatic heterocycles. The number of carbonyl (C=O) groups excluding carboxylic acids is 4. The number of hydrogen-bond acceptors (Lipinski definition) is 10. The van der Waals surface area contributed by atoms with E-state index in [2.05, 4.69) is 44.4 Å². The van der Waals surface area contributed by atoms with Crippen molar-refractivity contribution in [1.82, 2.24) is 19.9 Å². The zero-order valence-corrected chi connectivity index (χ0v) is 36.1. The van der Waals surface area contributed by atoms with Crippen molar-refractivity contribution in [3.05, 3.63) is 275 Å². The van der Waals surface area contributed by atoms with Crippen LogP contribution in [0.3, 0.4) is 0 Å². The van der Waals surface area contributed by atoms with E-state index < -0.39 is 0 Å². The predicted octanol–water partition coefficient (Wildman–Crippen LogP) is 10.6. The van der Waals surface area contributed by atoms with Gasteiger partial charge in [-0.15, -0.1) is 0 Å². The van der Waals surface area contributed by atoms with Crippen molar-refractivity contribution in [2.75, 3.05) is 0 Å². The third-order valence-electron chi connectivity index (χ3n) is 7.91. The Morgan fingerprint density at radius 1 is 0.302 bits per heavy atom. The first kappa shape index (κ1) is 51.4. The fourth-order valence-electron chi connectivity index (χ4n) is 5.04. The van der Waals surface area contributed by atoms with Crippen LogP contribution in [0.5, 0.6) is 0 Å². The van der Waals surface area contributed by atoms with Gasteiger partial charge in [-0.3, -0.25) is 39.1 Å². The average Bonchev–Trinajstić information content (AvgIpc) is 3.36. The molecular formula is C50H36MnN6O4S2. The van der Waals surface area contributed by atoms with Crippen molar-refractivity contribution in [1.29, 1.82) is 0 Å². The molecule has 4 aromatic heterocycles. The van der Waals surface area contributed by atoms with E-state index in [0.29, 0.717) is 44.5 Å². The summed E-state index contributed by atoms with van der Waals surface area (Å²) in [5.41, 5.74) is 5.52. The van der Waals surface area contributed by atoms with Gasteiger partial charge in [0.2, 0.25) is 0 Å². The van der Waals surface area contributed by atoms with E-state index in [1.54, 1.807) is 98.1 Å². The molecule has 0 saturated carbocycles. The molecular weight excluding hydrogens is 868 g/mol. The zero-order chi connectivity index (χ0) is 44.6. The number of rotatable bonds is 8. The average molecular weight is 904 g/mol. The molecule has 1 radical (unpaired) electrons. The maximum Gasteiger partial charge on any atom is 2.00 e. The van der Waals surface area contributed by atoms with Crippen LogP contribution in [0.15, 0.2) is 219 Å². The summed E-state index contributed by atoms with van der Waals surface area (Å²) in [6.07, 6.45) is 13.0. The van der Waals surface area contributed by atoms with E-state index in [9.17, 15) is 19.2 Å². The molecule has 0 aliphatic carbocycles. The second-order valence-electron chi connectivity index (χ2n) is 11.9. The number of aromatic nitrogens is 4. The SMILES string of the molecule is O=C(c1ccccc1)c1ccncc1.O=C(c1ccccc1)c1ccncc1.O=C(c1ccccc1)c1ccncc1.O=C(c1ccccc1)c1ccncc1.[Mn+2].[N-]=C=S.[N-]=C=S. The fraction of sp³-hybridized carbons (Fsp3) is 0. The van der Waals surface area contributed by atoms with Crippen molar-refractivity contribution in [3.63, 3.8) is 0 Å². The predicted molar refractivity (Wildman–Crippen MR) is 248 cm³/mol. The summed E-state index contributed by atoms with van der Waals surface area (Å²) in [6.45, 7) is 0. The van der Waals surface area contributed by atoms with Crippen molar-refractivity contribution in [2.45, 2.75) is 0 Å². The number of thiocarbonyl (C=S) groups is 2. The number of nitrogens with zero attached hydrogens (tertiary/aromatic N) is 6. The van der Waals surface area contributed by atoms with E-state index in [1.165, 1.54) is 10.3 Å². The molecule has 4 aromatic carbocycles. The van der Waals surface area contributed by atoms with Crippen LogP contribution in [-0.2, 0) is 17.1 Å². The van der Waals surface area contributed by atoms with Crippen molar-refractivity contribution in [2.24, 2.45) is 0 Å². The van der Waals surface area contributed by atoms with Crippen LogP contribution in [0.1, 0.15) is 63.7 Å². The number of benzene rings is 4. The maximum absolute atomic E-state index is 11.8. The third-order valence-corrected chi connectivity index (χ3v) is 7.91. The van der Waals surface area contributed by atoms with E-state index in [4.69, 9.17) is 10.8 Å². The Kier molecular flexibility index (Phi) is 25.5. The molecule has 309 valence electrons. The minimum Gasteiger partial charge on any atom is -0.753 e. The molecule has 0 unspecified atom stereocenters. The Bertz CT molecular complexity index is 2080. The van der Waals surface area contributed by atoms with Gasteiger partial charge in [0.25, 0.3) is 0 Å². The molecule has 0 aliphatic rings. The molecule has 63 heavy (non-hydrogen) atoms. The molecule has 0 saturated heterocycles. The number of hydrogen-bond donors (Lipinski definition) is 0. The summed E-state index contributed by atoms with van der Waals surface area (Å²) < 4.78 is 0. The Hall–Kier alpha value is -7.72. The van der Waals surface area contributed by atoms with Gasteiger partial charge in [0.1, 0.15) is 0 Å². The summed E-state index contributed by atoms with van der Waals surface area (Å²) >= 11 is 7.40. The minimum absolute atomic E-state index is 0. The third kappa shape index (κ3) is 19.0. The summed E-state index contributed by atoms with van der Waals surface area (Å²) in [6, 6.07) is 50.6. The molecule has 8 rings (SSSR count). The number of carbonyl (C=O) groups is 4. The molecule has 0 atom stereocenters. The Morgan fingerprint density at radius 2 is 0.429 bits per heavy atom. The van der Waals surface area contributed by atoms with Crippen LogP contribution in [-0.4, -0.2) is 53.4 Å².